The van der Waals surface area contributed by atoms with Gasteiger partial charge in [-0.05, 0) is 71.4 Å². The van der Waals surface area contributed by atoms with Crippen molar-refractivity contribution < 1.29 is 0 Å². The minimum atomic E-state index is 0.192. The highest BCUT2D eigenvalue weighted by Gasteiger charge is 2.44. The minimum Gasteiger partial charge on any atom is -0.328 e. The van der Waals surface area contributed by atoms with Gasteiger partial charge in [-0.2, -0.15) is 0 Å². The van der Waals surface area contributed by atoms with Crippen LogP contribution in [0.5, 0.6) is 0 Å². The molecule has 0 N–H and O–H groups in total. The lowest BCUT2D eigenvalue weighted by Crippen LogP contribution is -2.51. The molecular formula is C22H31ClN4. The molecule has 27 heavy (non-hydrogen) atoms. The standard InChI is InChI=1S/C22H31ClN4/c1-16(2)27-17(3)24-21-20(27)14-26(13-18-5-7-19(23)8-6-18)15-22(21)9-11-25(4)12-10-22/h5-8,16H,9-15H2,1-4H3. The molecule has 1 spiro atoms. The van der Waals surface area contributed by atoms with E-state index < -0.39 is 0 Å². The Morgan fingerprint density at radius 3 is 2.44 bits per heavy atom. The molecule has 0 aliphatic carbocycles. The molecule has 1 aromatic carbocycles. The fourth-order valence-electron chi connectivity index (χ4n) is 5.02. The molecule has 0 atom stereocenters. The van der Waals surface area contributed by atoms with Crippen LogP contribution in [-0.4, -0.2) is 46.0 Å². The van der Waals surface area contributed by atoms with E-state index in [2.05, 4.69) is 54.3 Å². The zero-order valence-corrected chi connectivity index (χ0v) is 17.8. The predicted octanol–water partition coefficient (Wildman–Crippen LogP) is 4.41. The number of hydrogen-bond donors (Lipinski definition) is 0. The van der Waals surface area contributed by atoms with E-state index in [9.17, 15) is 0 Å². The number of aryl methyl sites for hydroxylation is 1. The lowest BCUT2D eigenvalue weighted by Gasteiger charge is -2.46. The van der Waals surface area contributed by atoms with Crippen molar-refractivity contribution >= 4 is 11.6 Å². The molecule has 0 bridgehead atoms. The van der Waals surface area contributed by atoms with Gasteiger partial charge < -0.3 is 9.47 Å². The summed E-state index contributed by atoms with van der Waals surface area (Å²) in [7, 11) is 2.24. The molecule has 1 aromatic heterocycles. The summed E-state index contributed by atoms with van der Waals surface area (Å²) >= 11 is 6.08. The lowest BCUT2D eigenvalue weighted by molar-refractivity contribution is 0.0996. The molecule has 4 nitrogen and oxygen atoms in total. The number of hydrogen-bond acceptors (Lipinski definition) is 3. The highest BCUT2D eigenvalue weighted by atomic mass is 35.5. The molecule has 0 unspecified atom stereocenters. The van der Waals surface area contributed by atoms with Crippen LogP contribution in [0.1, 0.15) is 55.5 Å². The Morgan fingerprint density at radius 1 is 1.15 bits per heavy atom. The Hall–Kier alpha value is -1.36. The molecule has 146 valence electrons. The predicted molar refractivity (Wildman–Crippen MR) is 111 cm³/mol. The van der Waals surface area contributed by atoms with Gasteiger partial charge in [0.15, 0.2) is 0 Å². The van der Waals surface area contributed by atoms with Crippen molar-refractivity contribution in [2.45, 2.75) is 58.2 Å². The van der Waals surface area contributed by atoms with Crippen molar-refractivity contribution in [1.29, 1.82) is 0 Å². The molecule has 1 fully saturated rings. The van der Waals surface area contributed by atoms with E-state index in [0.717, 1.165) is 37.7 Å². The van der Waals surface area contributed by atoms with Crippen LogP contribution >= 0.6 is 11.6 Å². The smallest absolute Gasteiger partial charge is 0.106 e. The molecule has 2 aliphatic heterocycles. The largest absolute Gasteiger partial charge is 0.328 e. The van der Waals surface area contributed by atoms with Crippen LogP contribution in [-0.2, 0) is 18.5 Å². The SMILES string of the molecule is Cc1nc2c(n1C(C)C)CN(Cc1ccc(Cl)cc1)CC21CCN(C)CC1. The average molecular weight is 387 g/mol. The van der Waals surface area contributed by atoms with E-state index in [1.807, 2.05) is 12.1 Å². The topological polar surface area (TPSA) is 24.3 Å². The Morgan fingerprint density at radius 2 is 1.81 bits per heavy atom. The van der Waals surface area contributed by atoms with Crippen molar-refractivity contribution in [2.75, 3.05) is 26.7 Å². The van der Waals surface area contributed by atoms with E-state index in [4.69, 9.17) is 16.6 Å². The van der Waals surface area contributed by atoms with Crippen LogP contribution in [0.2, 0.25) is 5.02 Å². The number of likely N-dealkylation sites (tertiary alicyclic amines) is 1. The minimum absolute atomic E-state index is 0.192. The molecule has 2 aliphatic rings. The van der Waals surface area contributed by atoms with E-state index in [0.29, 0.717) is 6.04 Å². The first-order chi connectivity index (χ1) is 12.9. The Kier molecular flexibility index (Phi) is 5.08. The number of halogens is 1. The van der Waals surface area contributed by atoms with Crippen LogP contribution < -0.4 is 0 Å². The fraction of sp³-hybridized carbons (Fsp3) is 0.591. The molecule has 1 saturated heterocycles. The van der Waals surface area contributed by atoms with E-state index >= 15 is 0 Å². The maximum atomic E-state index is 6.08. The summed E-state index contributed by atoms with van der Waals surface area (Å²) in [6, 6.07) is 8.76. The number of benzene rings is 1. The number of nitrogens with zero attached hydrogens (tertiary/aromatic N) is 4. The number of fused-ring (bicyclic) bond motifs is 2. The maximum Gasteiger partial charge on any atom is 0.106 e. The Balaban J connectivity index is 1.70. The zero-order valence-electron chi connectivity index (χ0n) is 17.0. The van der Waals surface area contributed by atoms with Gasteiger partial charge >= 0.3 is 0 Å². The van der Waals surface area contributed by atoms with Gasteiger partial charge in [-0.3, -0.25) is 4.90 Å². The quantitative estimate of drug-likeness (QED) is 0.781. The van der Waals surface area contributed by atoms with Gasteiger partial charge in [-0.1, -0.05) is 23.7 Å². The highest BCUT2D eigenvalue weighted by Crippen LogP contribution is 2.42. The van der Waals surface area contributed by atoms with Crippen LogP contribution in [0.3, 0.4) is 0 Å². The van der Waals surface area contributed by atoms with Gasteiger partial charge in [-0.15, -0.1) is 0 Å². The van der Waals surface area contributed by atoms with Crippen LogP contribution in [0.25, 0.3) is 0 Å². The third-order valence-corrected chi connectivity index (χ3v) is 6.62. The number of rotatable bonds is 3. The van der Waals surface area contributed by atoms with Gasteiger partial charge in [0, 0.05) is 36.1 Å². The molecule has 0 saturated carbocycles. The van der Waals surface area contributed by atoms with Crippen LogP contribution in [0.4, 0.5) is 0 Å². The second-order valence-electron chi connectivity index (χ2n) is 8.77. The van der Waals surface area contributed by atoms with E-state index in [-0.39, 0.29) is 5.41 Å². The van der Waals surface area contributed by atoms with E-state index in [1.165, 1.54) is 35.6 Å². The number of piperidine rings is 1. The summed E-state index contributed by atoms with van der Waals surface area (Å²) < 4.78 is 2.46. The third-order valence-electron chi connectivity index (χ3n) is 6.37. The molecule has 2 aromatic rings. The number of aromatic nitrogens is 2. The van der Waals surface area contributed by atoms with E-state index in [1.54, 1.807) is 0 Å². The normalized spacial score (nSPS) is 20.4. The van der Waals surface area contributed by atoms with Gasteiger partial charge in [0.05, 0.1) is 11.4 Å². The lowest BCUT2D eigenvalue weighted by atomic mass is 9.72. The van der Waals surface area contributed by atoms with Gasteiger partial charge in [0.1, 0.15) is 5.82 Å². The van der Waals surface area contributed by atoms with Crippen molar-refractivity contribution in [2.24, 2.45) is 0 Å². The first-order valence-corrected chi connectivity index (χ1v) is 10.5. The van der Waals surface area contributed by atoms with Crippen molar-refractivity contribution in [1.82, 2.24) is 19.4 Å². The van der Waals surface area contributed by atoms with Gasteiger partial charge in [0.2, 0.25) is 0 Å². The first kappa shape index (κ1) is 19.0. The van der Waals surface area contributed by atoms with Crippen LogP contribution in [0.15, 0.2) is 24.3 Å². The summed E-state index contributed by atoms with van der Waals surface area (Å²) in [6.07, 6.45) is 2.39. The van der Waals surface area contributed by atoms with Gasteiger partial charge in [-0.25, -0.2) is 4.98 Å². The molecule has 0 radical (unpaired) electrons. The van der Waals surface area contributed by atoms with Gasteiger partial charge in [0.25, 0.3) is 0 Å². The Bertz CT molecular complexity index is 800. The van der Waals surface area contributed by atoms with Crippen molar-refractivity contribution in [3.05, 3.63) is 52.1 Å². The molecule has 3 heterocycles. The third kappa shape index (κ3) is 3.55. The fourth-order valence-corrected chi connectivity index (χ4v) is 5.15. The summed E-state index contributed by atoms with van der Waals surface area (Å²) in [5, 5.41) is 0.806. The number of imidazole rings is 1. The first-order valence-electron chi connectivity index (χ1n) is 10.1. The van der Waals surface area contributed by atoms with Crippen molar-refractivity contribution in [3.63, 3.8) is 0 Å². The molecular weight excluding hydrogens is 356 g/mol. The second-order valence-corrected chi connectivity index (χ2v) is 9.21. The van der Waals surface area contributed by atoms with Crippen LogP contribution in [0, 0.1) is 6.92 Å². The zero-order chi connectivity index (χ0) is 19.2. The summed E-state index contributed by atoms with van der Waals surface area (Å²) in [5.41, 5.74) is 4.34. The summed E-state index contributed by atoms with van der Waals surface area (Å²) in [5.74, 6) is 1.17. The second kappa shape index (κ2) is 7.23. The highest BCUT2D eigenvalue weighted by molar-refractivity contribution is 6.30. The summed E-state index contributed by atoms with van der Waals surface area (Å²) in [4.78, 5) is 10.2. The molecule has 4 rings (SSSR count). The average Bonchev–Trinajstić information content (AvgIpc) is 2.97. The molecule has 5 heteroatoms. The Labute approximate surface area is 168 Å². The summed E-state index contributed by atoms with van der Waals surface area (Å²) in [6.45, 7) is 12.1. The molecule has 0 amide bonds. The maximum absolute atomic E-state index is 6.08. The van der Waals surface area contributed by atoms with Crippen molar-refractivity contribution in [3.8, 4) is 0 Å². The monoisotopic (exact) mass is 386 g/mol.